The summed E-state index contributed by atoms with van der Waals surface area (Å²) in [5.74, 6) is 0.00730. The third-order valence-electron chi connectivity index (χ3n) is 5.60. The summed E-state index contributed by atoms with van der Waals surface area (Å²) < 4.78 is 0. The van der Waals surface area contributed by atoms with E-state index in [-0.39, 0.29) is 24.4 Å². The Kier molecular flexibility index (Phi) is 6.84. The molecular formula is C23H26Cl2N4O. The second-order valence-corrected chi connectivity index (χ2v) is 8.21. The van der Waals surface area contributed by atoms with Gasteiger partial charge in [0.05, 0.1) is 11.3 Å². The minimum atomic E-state index is 0. The minimum Gasteiger partial charge on any atom is -0.354 e. The van der Waals surface area contributed by atoms with Crippen molar-refractivity contribution in [3.05, 3.63) is 58.4 Å². The number of aromatic nitrogens is 2. The van der Waals surface area contributed by atoms with Gasteiger partial charge in [0, 0.05) is 40.6 Å². The average Bonchev–Trinajstić information content (AvgIpc) is 2.70. The van der Waals surface area contributed by atoms with E-state index >= 15 is 0 Å². The number of carbonyl (C=O) groups is 1. The first-order valence-corrected chi connectivity index (χ1v) is 10.4. The van der Waals surface area contributed by atoms with E-state index in [1.807, 2.05) is 49.1 Å². The number of piperidine rings is 1. The van der Waals surface area contributed by atoms with Crippen LogP contribution in [0.25, 0.3) is 11.0 Å². The number of amides is 1. The van der Waals surface area contributed by atoms with Gasteiger partial charge in [-0.1, -0.05) is 17.7 Å². The lowest BCUT2D eigenvalue weighted by Gasteiger charge is -2.34. The van der Waals surface area contributed by atoms with Gasteiger partial charge >= 0.3 is 0 Å². The Labute approximate surface area is 188 Å². The number of likely N-dealkylation sites (tertiary alicyclic amines) is 1. The summed E-state index contributed by atoms with van der Waals surface area (Å²) in [5, 5.41) is 4.93. The topological polar surface area (TPSA) is 58.1 Å². The van der Waals surface area contributed by atoms with Crippen LogP contribution in [0.3, 0.4) is 0 Å². The Balaban J connectivity index is 0.00000256. The van der Waals surface area contributed by atoms with Gasteiger partial charge in [-0.05, 0) is 69.9 Å². The lowest BCUT2D eigenvalue weighted by molar-refractivity contribution is 0.0636. The van der Waals surface area contributed by atoms with E-state index in [9.17, 15) is 4.79 Å². The van der Waals surface area contributed by atoms with Gasteiger partial charge in [0.15, 0.2) is 5.65 Å². The normalized spacial score (nSPS) is 16.3. The molecule has 1 amide bonds. The van der Waals surface area contributed by atoms with Crippen LogP contribution in [0.4, 0.5) is 11.4 Å². The van der Waals surface area contributed by atoms with Gasteiger partial charge in [0.1, 0.15) is 0 Å². The molecule has 0 bridgehead atoms. The molecule has 1 saturated heterocycles. The van der Waals surface area contributed by atoms with Crippen molar-refractivity contribution < 1.29 is 4.79 Å². The summed E-state index contributed by atoms with van der Waals surface area (Å²) >= 11 is 6.32. The predicted molar refractivity (Wildman–Crippen MR) is 125 cm³/mol. The smallest absolute Gasteiger partial charge is 0.257 e. The third kappa shape index (κ3) is 4.37. The van der Waals surface area contributed by atoms with Crippen LogP contribution in [0.2, 0.25) is 5.02 Å². The highest BCUT2D eigenvalue weighted by Gasteiger charge is 2.27. The van der Waals surface area contributed by atoms with Crippen LogP contribution in [-0.2, 0) is 0 Å². The van der Waals surface area contributed by atoms with E-state index in [4.69, 9.17) is 11.6 Å². The maximum absolute atomic E-state index is 13.5. The van der Waals surface area contributed by atoms with E-state index in [1.54, 1.807) is 6.20 Å². The number of benzene rings is 1. The Morgan fingerprint density at radius 1 is 1.20 bits per heavy atom. The third-order valence-corrected chi connectivity index (χ3v) is 6.01. The summed E-state index contributed by atoms with van der Waals surface area (Å²) in [5.41, 5.74) is 4.63. The summed E-state index contributed by atoms with van der Waals surface area (Å²) in [6.45, 7) is 6.79. The van der Waals surface area contributed by atoms with Crippen molar-refractivity contribution in [3.63, 3.8) is 0 Å². The Bertz CT molecular complexity index is 1090. The molecule has 1 N–H and O–H groups in total. The molecule has 5 nitrogen and oxygen atoms in total. The van der Waals surface area contributed by atoms with Gasteiger partial charge in [-0.15, -0.1) is 12.4 Å². The molecule has 1 unspecified atom stereocenters. The summed E-state index contributed by atoms with van der Waals surface area (Å²) in [4.78, 5) is 24.4. The molecular weight excluding hydrogens is 419 g/mol. The largest absolute Gasteiger partial charge is 0.354 e. The highest BCUT2D eigenvalue weighted by molar-refractivity contribution is 6.31. The number of halogens is 2. The van der Waals surface area contributed by atoms with E-state index in [2.05, 4.69) is 22.2 Å². The lowest BCUT2D eigenvalue weighted by Crippen LogP contribution is -2.42. The summed E-state index contributed by atoms with van der Waals surface area (Å²) in [7, 11) is 0. The van der Waals surface area contributed by atoms with Crippen LogP contribution < -0.4 is 5.32 Å². The van der Waals surface area contributed by atoms with Gasteiger partial charge in [-0.3, -0.25) is 4.79 Å². The van der Waals surface area contributed by atoms with E-state index in [0.29, 0.717) is 16.2 Å². The molecule has 0 aliphatic carbocycles. The molecule has 1 fully saturated rings. The van der Waals surface area contributed by atoms with Crippen LogP contribution in [-0.4, -0.2) is 33.4 Å². The second kappa shape index (κ2) is 9.19. The molecule has 3 aromatic rings. The number of fused-ring (bicyclic) bond motifs is 1. The number of rotatable bonds is 3. The highest BCUT2D eigenvalue weighted by Crippen LogP contribution is 2.32. The summed E-state index contributed by atoms with van der Waals surface area (Å²) in [6.07, 6.45) is 4.88. The number of carbonyl (C=O) groups excluding carboxylic acids is 1. The van der Waals surface area contributed by atoms with Crippen molar-refractivity contribution in [3.8, 4) is 0 Å². The molecule has 3 heterocycles. The highest BCUT2D eigenvalue weighted by atomic mass is 35.5. The van der Waals surface area contributed by atoms with Gasteiger partial charge in [-0.25, -0.2) is 9.97 Å². The molecule has 0 saturated carbocycles. The van der Waals surface area contributed by atoms with Crippen LogP contribution >= 0.6 is 24.0 Å². The van der Waals surface area contributed by atoms with Crippen molar-refractivity contribution in [1.82, 2.24) is 14.9 Å². The molecule has 0 radical (unpaired) electrons. The lowest BCUT2D eigenvalue weighted by atomic mass is 10.0. The number of pyridine rings is 2. The number of nitrogens with one attached hydrogen (secondary N) is 1. The van der Waals surface area contributed by atoms with Crippen LogP contribution in [0.5, 0.6) is 0 Å². The van der Waals surface area contributed by atoms with Crippen molar-refractivity contribution in [1.29, 1.82) is 0 Å². The second-order valence-electron chi connectivity index (χ2n) is 7.80. The zero-order valence-corrected chi connectivity index (χ0v) is 19.0. The molecule has 1 aliphatic heterocycles. The zero-order chi connectivity index (χ0) is 20.5. The molecule has 7 heteroatoms. The first-order chi connectivity index (χ1) is 13.9. The number of anilines is 2. The number of hydrogen-bond acceptors (Lipinski definition) is 4. The van der Waals surface area contributed by atoms with Crippen molar-refractivity contribution >= 4 is 52.3 Å². The number of hydrogen-bond donors (Lipinski definition) is 1. The Morgan fingerprint density at radius 2 is 2.00 bits per heavy atom. The summed E-state index contributed by atoms with van der Waals surface area (Å²) in [6, 6.07) is 9.94. The number of nitrogens with zero attached hydrogens (tertiary/aromatic N) is 3. The average molecular weight is 445 g/mol. The van der Waals surface area contributed by atoms with E-state index < -0.39 is 0 Å². The molecule has 2 aromatic heterocycles. The fourth-order valence-electron chi connectivity index (χ4n) is 3.84. The molecule has 158 valence electrons. The predicted octanol–water partition coefficient (Wildman–Crippen LogP) is 6.08. The first kappa shape index (κ1) is 22.3. The Morgan fingerprint density at radius 3 is 2.73 bits per heavy atom. The van der Waals surface area contributed by atoms with E-state index in [1.165, 1.54) is 0 Å². The van der Waals surface area contributed by atoms with Gasteiger partial charge in [-0.2, -0.15) is 0 Å². The van der Waals surface area contributed by atoms with Crippen LogP contribution in [0, 0.1) is 13.8 Å². The van der Waals surface area contributed by atoms with Crippen molar-refractivity contribution in [2.45, 2.75) is 46.1 Å². The fraction of sp³-hybridized carbons (Fsp3) is 0.348. The minimum absolute atomic E-state index is 0. The first-order valence-electron chi connectivity index (χ1n) is 10.0. The molecule has 1 aliphatic rings. The molecule has 1 atom stereocenters. The van der Waals surface area contributed by atoms with Gasteiger partial charge in [0.2, 0.25) is 0 Å². The quantitative estimate of drug-likeness (QED) is 0.531. The maximum atomic E-state index is 13.5. The zero-order valence-electron chi connectivity index (χ0n) is 17.4. The maximum Gasteiger partial charge on any atom is 0.257 e. The van der Waals surface area contributed by atoms with Crippen LogP contribution in [0.15, 0.2) is 36.5 Å². The number of aryl methyl sites for hydroxylation is 2. The molecule has 4 rings (SSSR count). The fourth-order valence-corrected chi connectivity index (χ4v) is 4.02. The molecule has 30 heavy (non-hydrogen) atoms. The van der Waals surface area contributed by atoms with Gasteiger partial charge < -0.3 is 10.2 Å². The van der Waals surface area contributed by atoms with Crippen molar-refractivity contribution in [2.24, 2.45) is 0 Å². The van der Waals surface area contributed by atoms with Crippen LogP contribution in [0.1, 0.15) is 47.8 Å². The van der Waals surface area contributed by atoms with E-state index in [0.717, 1.165) is 53.8 Å². The monoisotopic (exact) mass is 444 g/mol. The Hall–Kier alpha value is -2.37. The molecule has 0 spiro atoms. The SMILES string of the molecule is Cc1ccc2c(Nc3ccc(C)c(Cl)c3)c(C(=O)N3CCCCC3C)cnc2n1.Cl. The van der Waals surface area contributed by atoms with Gasteiger partial charge in [0.25, 0.3) is 5.91 Å². The molecule has 1 aromatic carbocycles. The van der Waals surface area contributed by atoms with Crippen molar-refractivity contribution in [2.75, 3.05) is 11.9 Å². The standard InChI is InChI=1S/C23H25ClN4O.ClH/c1-14-7-9-17(12-20(14)24)27-21-18-10-8-15(2)26-22(18)25-13-19(21)23(29)28-11-5-4-6-16(28)3;/h7-10,12-13,16H,4-6,11H2,1-3H3,(H,25,26,27);1H.